The highest BCUT2D eigenvalue weighted by molar-refractivity contribution is 5.91. The molecule has 3 nitrogen and oxygen atoms in total. The predicted molar refractivity (Wildman–Crippen MR) is 82.7 cm³/mol. The summed E-state index contributed by atoms with van der Waals surface area (Å²) in [7, 11) is 0. The van der Waals surface area contributed by atoms with E-state index in [2.05, 4.69) is 23.5 Å². The molecule has 21 heavy (non-hydrogen) atoms. The smallest absolute Gasteiger partial charge is 0.244 e. The standard InChI is InChI=1S/C18H19NO2/c1-13-9-10-15(21-13)11-12-18(20)19-17-8-4-6-14-5-2-3-7-16(14)17/h2-3,5,7,9-12,17H,4,6,8H2,1H3,(H,19,20)/b12-11+. The van der Waals surface area contributed by atoms with Crippen LogP contribution in [0.25, 0.3) is 6.08 Å². The van der Waals surface area contributed by atoms with Gasteiger partial charge in [0.2, 0.25) is 5.91 Å². The maximum atomic E-state index is 12.1. The Labute approximate surface area is 124 Å². The van der Waals surface area contributed by atoms with E-state index >= 15 is 0 Å². The lowest BCUT2D eigenvalue weighted by Gasteiger charge is -2.25. The molecule has 0 bridgehead atoms. The van der Waals surface area contributed by atoms with E-state index in [1.807, 2.05) is 25.1 Å². The Morgan fingerprint density at radius 3 is 2.95 bits per heavy atom. The third-order valence-electron chi connectivity index (χ3n) is 3.85. The molecule has 1 aliphatic rings. The van der Waals surface area contributed by atoms with Crippen LogP contribution < -0.4 is 5.32 Å². The Morgan fingerprint density at radius 1 is 1.29 bits per heavy atom. The summed E-state index contributed by atoms with van der Waals surface area (Å²) in [5.41, 5.74) is 2.60. The zero-order chi connectivity index (χ0) is 14.7. The summed E-state index contributed by atoms with van der Waals surface area (Å²) in [6.45, 7) is 1.89. The summed E-state index contributed by atoms with van der Waals surface area (Å²) in [5, 5.41) is 3.08. The lowest BCUT2D eigenvalue weighted by molar-refractivity contribution is -0.117. The first-order valence-corrected chi connectivity index (χ1v) is 7.35. The average molecular weight is 281 g/mol. The number of aryl methyl sites for hydroxylation is 2. The number of benzene rings is 1. The summed E-state index contributed by atoms with van der Waals surface area (Å²) < 4.78 is 5.41. The minimum absolute atomic E-state index is 0.0780. The normalized spacial score (nSPS) is 17.7. The van der Waals surface area contributed by atoms with Crippen LogP contribution in [-0.2, 0) is 11.2 Å². The molecule has 0 radical (unpaired) electrons. The highest BCUT2D eigenvalue weighted by Gasteiger charge is 2.20. The van der Waals surface area contributed by atoms with Crippen molar-refractivity contribution in [2.24, 2.45) is 0 Å². The van der Waals surface area contributed by atoms with Crippen molar-refractivity contribution >= 4 is 12.0 Å². The molecule has 3 rings (SSSR count). The summed E-state index contributed by atoms with van der Waals surface area (Å²) in [5.74, 6) is 1.47. The second-order valence-electron chi connectivity index (χ2n) is 5.43. The lowest BCUT2D eigenvalue weighted by Crippen LogP contribution is -2.29. The van der Waals surface area contributed by atoms with Crippen LogP contribution in [0.15, 0.2) is 46.9 Å². The molecule has 1 aromatic carbocycles. The van der Waals surface area contributed by atoms with Gasteiger partial charge in [-0.05, 0) is 55.5 Å². The van der Waals surface area contributed by atoms with E-state index < -0.39 is 0 Å². The summed E-state index contributed by atoms with van der Waals surface area (Å²) in [6.07, 6.45) is 6.45. The third kappa shape index (κ3) is 3.24. The molecule has 2 aromatic rings. The zero-order valence-corrected chi connectivity index (χ0v) is 12.1. The van der Waals surface area contributed by atoms with E-state index in [9.17, 15) is 4.79 Å². The van der Waals surface area contributed by atoms with E-state index in [0.717, 1.165) is 25.0 Å². The lowest BCUT2D eigenvalue weighted by atomic mass is 9.88. The fourth-order valence-electron chi connectivity index (χ4n) is 2.82. The SMILES string of the molecule is Cc1ccc(/C=C/C(=O)NC2CCCc3ccccc32)o1. The van der Waals surface area contributed by atoms with Crippen LogP contribution in [0.4, 0.5) is 0 Å². The van der Waals surface area contributed by atoms with Gasteiger partial charge in [0.1, 0.15) is 11.5 Å². The minimum atomic E-state index is -0.0780. The van der Waals surface area contributed by atoms with Crippen molar-refractivity contribution < 1.29 is 9.21 Å². The largest absolute Gasteiger partial charge is 0.462 e. The third-order valence-corrected chi connectivity index (χ3v) is 3.85. The van der Waals surface area contributed by atoms with Gasteiger partial charge >= 0.3 is 0 Å². The fourth-order valence-corrected chi connectivity index (χ4v) is 2.82. The molecule has 0 saturated carbocycles. The van der Waals surface area contributed by atoms with E-state index in [4.69, 9.17) is 4.42 Å². The Hall–Kier alpha value is -2.29. The Bertz CT molecular complexity index is 669. The van der Waals surface area contributed by atoms with Gasteiger partial charge in [0, 0.05) is 6.08 Å². The molecule has 0 aliphatic heterocycles. The van der Waals surface area contributed by atoms with Gasteiger partial charge in [0.25, 0.3) is 0 Å². The number of carbonyl (C=O) groups excluding carboxylic acids is 1. The monoisotopic (exact) mass is 281 g/mol. The molecule has 108 valence electrons. The molecule has 0 fully saturated rings. The van der Waals surface area contributed by atoms with Crippen molar-refractivity contribution in [3.63, 3.8) is 0 Å². The van der Waals surface area contributed by atoms with Gasteiger partial charge in [-0.3, -0.25) is 4.79 Å². The van der Waals surface area contributed by atoms with Crippen molar-refractivity contribution in [3.05, 3.63) is 65.1 Å². The van der Waals surface area contributed by atoms with Crippen molar-refractivity contribution in [1.29, 1.82) is 0 Å². The summed E-state index contributed by atoms with van der Waals surface area (Å²) >= 11 is 0. The van der Waals surface area contributed by atoms with Gasteiger partial charge in [-0.15, -0.1) is 0 Å². The Balaban J connectivity index is 1.67. The first kappa shape index (κ1) is 13.7. The fraction of sp³-hybridized carbons (Fsp3) is 0.278. The molecule has 1 N–H and O–H groups in total. The number of amides is 1. The molecular weight excluding hydrogens is 262 g/mol. The number of rotatable bonds is 3. The predicted octanol–water partition coefficient (Wildman–Crippen LogP) is 3.80. The number of nitrogens with one attached hydrogen (secondary N) is 1. The van der Waals surface area contributed by atoms with Crippen LogP contribution in [-0.4, -0.2) is 5.91 Å². The van der Waals surface area contributed by atoms with E-state index in [1.54, 1.807) is 6.08 Å². The van der Waals surface area contributed by atoms with Crippen LogP contribution in [0.5, 0.6) is 0 Å². The highest BCUT2D eigenvalue weighted by Crippen LogP contribution is 2.29. The van der Waals surface area contributed by atoms with Crippen LogP contribution >= 0.6 is 0 Å². The molecule has 0 saturated heterocycles. The molecule has 0 spiro atoms. The molecule has 1 atom stereocenters. The molecule has 1 unspecified atom stereocenters. The van der Waals surface area contributed by atoms with E-state index in [1.165, 1.54) is 17.2 Å². The van der Waals surface area contributed by atoms with Gasteiger partial charge in [0.05, 0.1) is 6.04 Å². The highest BCUT2D eigenvalue weighted by atomic mass is 16.3. The van der Waals surface area contributed by atoms with Crippen LogP contribution in [0.3, 0.4) is 0 Å². The van der Waals surface area contributed by atoms with Crippen molar-refractivity contribution in [2.75, 3.05) is 0 Å². The van der Waals surface area contributed by atoms with Crippen molar-refractivity contribution in [3.8, 4) is 0 Å². The molecule has 1 aliphatic carbocycles. The minimum Gasteiger partial charge on any atom is -0.462 e. The Morgan fingerprint density at radius 2 is 2.14 bits per heavy atom. The topological polar surface area (TPSA) is 42.2 Å². The maximum Gasteiger partial charge on any atom is 0.244 e. The Kier molecular flexibility index (Phi) is 3.91. The van der Waals surface area contributed by atoms with Gasteiger partial charge < -0.3 is 9.73 Å². The molecule has 3 heteroatoms. The maximum absolute atomic E-state index is 12.1. The summed E-state index contributed by atoms with van der Waals surface area (Å²) in [6, 6.07) is 12.2. The van der Waals surface area contributed by atoms with Gasteiger partial charge in [-0.2, -0.15) is 0 Å². The second-order valence-corrected chi connectivity index (χ2v) is 5.43. The average Bonchev–Trinajstić information content (AvgIpc) is 2.91. The van der Waals surface area contributed by atoms with Crippen LogP contribution in [0.1, 0.15) is 41.5 Å². The first-order valence-electron chi connectivity index (χ1n) is 7.35. The number of hydrogen-bond acceptors (Lipinski definition) is 2. The van der Waals surface area contributed by atoms with E-state index in [0.29, 0.717) is 5.76 Å². The summed E-state index contributed by atoms with van der Waals surface area (Å²) in [4.78, 5) is 12.1. The zero-order valence-electron chi connectivity index (χ0n) is 12.1. The van der Waals surface area contributed by atoms with Gasteiger partial charge in [-0.25, -0.2) is 0 Å². The second kappa shape index (κ2) is 6.00. The number of fused-ring (bicyclic) bond motifs is 1. The number of furan rings is 1. The molecular formula is C18H19NO2. The molecule has 1 aromatic heterocycles. The number of hydrogen-bond donors (Lipinski definition) is 1. The van der Waals surface area contributed by atoms with Crippen molar-refractivity contribution in [1.82, 2.24) is 5.32 Å². The van der Waals surface area contributed by atoms with Gasteiger partial charge in [0.15, 0.2) is 0 Å². The molecule has 1 heterocycles. The first-order chi connectivity index (χ1) is 10.2. The quantitative estimate of drug-likeness (QED) is 0.870. The van der Waals surface area contributed by atoms with E-state index in [-0.39, 0.29) is 11.9 Å². The molecule has 1 amide bonds. The van der Waals surface area contributed by atoms with Crippen molar-refractivity contribution in [2.45, 2.75) is 32.2 Å². The van der Waals surface area contributed by atoms with Gasteiger partial charge in [-0.1, -0.05) is 24.3 Å². The number of carbonyl (C=O) groups is 1. The van der Waals surface area contributed by atoms with Crippen LogP contribution in [0.2, 0.25) is 0 Å². The van der Waals surface area contributed by atoms with Crippen LogP contribution in [0, 0.1) is 6.92 Å².